The highest BCUT2D eigenvalue weighted by Gasteiger charge is 2.32. The summed E-state index contributed by atoms with van der Waals surface area (Å²) in [5, 5.41) is 2.42. The molecule has 0 aliphatic carbocycles. The van der Waals surface area contributed by atoms with Gasteiger partial charge in [-0.25, -0.2) is 4.79 Å². The van der Waals surface area contributed by atoms with Gasteiger partial charge in [0.1, 0.15) is 18.4 Å². The van der Waals surface area contributed by atoms with Gasteiger partial charge in [-0.1, -0.05) is 18.2 Å². The van der Waals surface area contributed by atoms with Gasteiger partial charge in [0.05, 0.1) is 6.04 Å². The molecule has 1 fully saturated rings. The van der Waals surface area contributed by atoms with Crippen molar-refractivity contribution in [3.8, 4) is 5.75 Å². The first-order valence-corrected chi connectivity index (χ1v) is 7.12. The number of likely N-dealkylation sites (tertiary alicyclic amines) is 1. The summed E-state index contributed by atoms with van der Waals surface area (Å²) in [5.74, 6) is 0.674. The topological polar surface area (TPSA) is 84.7 Å². The van der Waals surface area contributed by atoms with Crippen LogP contribution in [0.2, 0.25) is 0 Å². The lowest BCUT2D eigenvalue weighted by atomic mass is 10.2. The number of amides is 3. The molecule has 0 aromatic heterocycles. The molecule has 1 aromatic carbocycles. The van der Waals surface area contributed by atoms with Gasteiger partial charge in [-0.3, -0.25) is 4.79 Å². The number of benzene rings is 1. The van der Waals surface area contributed by atoms with Crippen molar-refractivity contribution in [1.82, 2.24) is 10.2 Å². The van der Waals surface area contributed by atoms with E-state index >= 15 is 0 Å². The van der Waals surface area contributed by atoms with Gasteiger partial charge in [-0.05, 0) is 31.9 Å². The number of hydrogen-bond acceptors (Lipinski definition) is 3. The second-order valence-corrected chi connectivity index (χ2v) is 5.18. The van der Waals surface area contributed by atoms with Gasteiger partial charge >= 0.3 is 6.03 Å². The molecule has 6 nitrogen and oxygen atoms in total. The van der Waals surface area contributed by atoms with E-state index < -0.39 is 12.1 Å². The second kappa shape index (κ2) is 6.97. The monoisotopic (exact) mass is 291 g/mol. The standard InChI is InChI=1S/C15H21N3O3/c1-11(17-15(16)20)14(19)18-9-5-6-12(18)10-21-13-7-3-2-4-8-13/h2-4,7-8,11-12H,5-6,9-10H2,1H3,(H3,16,17,20)/t11-,12+/m1/s1. The van der Waals surface area contributed by atoms with Crippen LogP contribution in [0, 0.1) is 0 Å². The Morgan fingerprint density at radius 1 is 1.43 bits per heavy atom. The summed E-state index contributed by atoms with van der Waals surface area (Å²) in [4.78, 5) is 24.9. The van der Waals surface area contributed by atoms with Crippen LogP contribution >= 0.6 is 0 Å². The number of carbonyl (C=O) groups is 2. The average Bonchev–Trinajstić information content (AvgIpc) is 2.93. The molecule has 0 saturated carbocycles. The van der Waals surface area contributed by atoms with Crippen molar-refractivity contribution in [3.05, 3.63) is 30.3 Å². The summed E-state index contributed by atoms with van der Waals surface area (Å²) >= 11 is 0. The minimum atomic E-state index is -0.688. The molecule has 3 N–H and O–H groups in total. The summed E-state index contributed by atoms with van der Waals surface area (Å²) in [7, 11) is 0. The molecule has 0 spiro atoms. The molecule has 2 atom stereocenters. The fourth-order valence-corrected chi connectivity index (χ4v) is 2.53. The summed E-state index contributed by atoms with van der Waals surface area (Å²) in [6, 6.07) is 8.26. The number of nitrogens with zero attached hydrogens (tertiary/aromatic N) is 1. The highest BCUT2D eigenvalue weighted by molar-refractivity contribution is 5.86. The minimum Gasteiger partial charge on any atom is -0.491 e. The number of ether oxygens (including phenoxy) is 1. The highest BCUT2D eigenvalue weighted by Crippen LogP contribution is 2.20. The molecule has 21 heavy (non-hydrogen) atoms. The van der Waals surface area contributed by atoms with Crippen molar-refractivity contribution in [2.24, 2.45) is 5.73 Å². The third-order valence-electron chi connectivity index (χ3n) is 3.57. The Labute approximate surface area is 124 Å². The van der Waals surface area contributed by atoms with Gasteiger partial charge in [0, 0.05) is 6.54 Å². The van der Waals surface area contributed by atoms with Crippen LogP contribution < -0.4 is 15.8 Å². The Kier molecular flexibility index (Phi) is 5.03. The summed E-state index contributed by atoms with van der Waals surface area (Å²) < 4.78 is 5.73. The number of urea groups is 1. The molecule has 0 radical (unpaired) electrons. The molecular formula is C15H21N3O3. The molecule has 1 aliphatic heterocycles. The van der Waals surface area contributed by atoms with Crippen LogP contribution in [0.3, 0.4) is 0 Å². The smallest absolute Gasteiger partial charge is 0.312 e. The van der Waals surface area contributed by atoms with Crippen LogP contribution in [0.4, 0.5) is 4.79 Å². The van der Waals surface area contributed by atoms with E-state index in [9.17, 15) is 9.59 Å². The van der Waals surface area contributed by atoms with Crippen molar-refractivity contribution >= 4 is 11.9 Å². The first-order valence-electron chi connectivity index (χ1n) is 7.12. The Hall–Kier alpha value is -2.24. The number of nitrogens with two attached hydrogens (primary N) is 1. The summed E-state index contributed by atoms with van der Waals surface area (Å²) in [5.41, 5.74) is 5.05. The third kappa shape index (κ3) is 4.11. The summed E-state index contributed by atoms with van der Waals surface area (Å²) in [6.07, 6.45) is 1.85. The maximum atomic E-state index is 12.3. The molecule has 6 heteroatoms. The predicted molar refractivity (Wildman–Crippen MR) is 78.9 cm³/mol. The van der Waals surface area contributed by atoms with Crippen molar-refractivity contribution in [2.45, 2.75) is 31.8 Å². The zero-order chi connectivity index (χ0) is 15.2. The van der Waals surface area contributed by atoms with Crippen LogP contribution in [0.25, 0.3) is 0 Å². The fourth-order valence-electron chi connectivity index (χ4n) is 2.53. The van der Waals surface area contributed by atoms with Crippen LogP contribution in [0.15, 0.2) is 30.3 Å². The lowest BCUT2D eigenvalue weighted by Crippen LogP contribution is -2.50. The SMILES string of the molecule is C[C@@H](NC(N)=O)C(=O)N1CCC[C@H]1COc1ccccc1. The Morgan fingerprint density at radius 2 is 2.14 bits per heavy atom. The zero-order valence-electron chi connectivity index (χ0n) is 12.1. The van der Waals surface area contributed by atoms with E-state index in [-0.39, 0.29) is 11.9 Å². The Balaban J connectivity index is 1.90. The van der Waals surface area contributed by atoms with E-state index in [1.54, 1.807) is 11.8 Å². The van der Waals surface area contributed by atoms with Crippen molar-refractivity contribution in [3.63, 3.8) is 0 Å². The fraction of sp³-hybridized carbons (Fsp3) is 0.467. The van der Waals surface area contributed by atoms with Crippen molar-refractivity contribution in [1.29, 1.82) is 0 Å². The van der Waals surface area contributed by atoms with E-state index in [4.69, 9.17) is 10.5 Å². The maximum absolute atomic E-state index is 12.3. The molecule has 1 heterocycles. The van der Waals surface area contributed by atoms with E-state index in [0.717, 1.165) is 18.6 Å². The highest BCUT2D eigenvalue weighted by atomic mass is 16.5. The molecule has 3 amide bonds. The Morgan fingerprint density at radius 3 is 2.81 bits per heavy atom. The zero-order valence-corrected chi connectivity index (χ0v) is 12.1. The maximum Gasteiger partial charge on any atom is 0.312 e. The number of nitrogens with one attached hydrogen (secondary N) is 1. The second-order valence-electron chi connectivity index (χ2n) is 5.18. The van der Waals surface area contributed by atoms with E-state index in [1.807, 2.05) is 30.3 Å². The molecule has 2 rings (SSSR count). The van der Waals surface area contributed by atoms with Crippen LogP contribution in [0.1, 0.15) is 19.8 Å². The van der Waals surface area contributed by atoms with Crippen LogP contribution in [-0.4, -0.2) is 42.1 Å². The minimum absolute atomic E-state index is 0.0369. The number of para-hydroxylation sites is 1. The van der Waals surface area contributed by atoms with Crippen molar-refractivity contribution < 1.29 is 14.3 Å². The quantitative estimate of drug-likeness (QED) is 0.852. The largest absolute Gasteiger partial charge is 0.491 e. The number of primary amides is 1. The predicted octanol–water partition coefficient (Wildman–Crippen LogP) is 1.11. The van der Waals surface area contributed by atoms with Crippen LogP contribution in [0.5, 0.6) is 5.75 Å². The number of hydrogen-bond donors (Lipinski definition) is 2. The molecule has 114 valence electrons. The van der Waals surface area contributed by atoms with Crippen molar-refractivity contribution in [2.75, 3.05) is 13.2 Å². The Bertz CT molecular complexity index is 492. The van der Waals surface area contributed by atoms with E-state index in [0.29, 0.717) is 13.2 Å². The van der Waals surface area contributed by atoms with Crippen LogP contribution in [-0.2, 0) is 4.79 Å². The van der Waals surface area contributed by atoms with Gasteiger partial charge in [0.25, 0.3) is 0 Å². The van der Waals surface area contributed by atoms with Gasteiger partial charge in [-0.15, -0.1) is 0 Å². The van der Waals surface area contributed by atoms with Gasteiger partial charge in [0.2, 0.25) is 5.91 Å². The average molecular weight is 291 g/mol. The number of carbonyl (C=O) groups excluding carboxylic acids is 2. The molecule has 1 aromatic rings. The summed E-state index contributed by atoms with van der Waals surface area (Å²) in [6.45, 7) is 2.78. The first kappa shape index (κ1) is 15.2. The van der Waals surface area contributed by atoms with E-state index in [2.05, 4.69) is 5.32 Å². The molecule has 1 saturated heterocycles. The molecular weight excluding hydrogens is 270 g/mol. The normalized spacial score (nSPS) is 19.1. The van der Waals surface area contributed by atoms with Gasteiger partial charge in [0.15, 0.2) is 0 Å². The first-order chi connectivity index (χ1) is 10.1. The molecule has 0 unspecified atom stereocenters. The molecule has 1 aliphatic rings. The van der Waals surface area contributed by atoms with E-state index in [1.165, 1.54) is 0 Å². The number of rotatable bonds is 5. The third-order valence-corrected chi connectivity index (χ3v) is 3.57. The van der Waals surface area contributed by atoms with Gasteiger partial charge < -0.3 is 20.7 Å². The van der Waals surface area contributed by atoms with Gasteiger partial charge in [-0.2, -0.15) is 0 Å². The lowest BCUT2D eigenvalue weighted by molar-refractivity contribution is -0.134. The lowest BCUT2D eigenvalue weighted by Gasteiger charge is -2.27. The molecule has 0 bridgehead atoms.